The monoisotopic (exact) mass is 297 g/mol. The van der Waals surface area contributed by atoms with E-state index < -0.39 is 4.92 Å². The second-order valence-corrected chi connectivity index (χ2v) is 5.28. The summed E-state index contributed by atoms with van der Waals surface area (Å²) < 4.78 is 1.95. The standard InChI is InChI=1S/C15H15N5O2/c16-11-12-2-3-14(15(10-12)20(21)22)18-8-4-13(5-9-18)19-7-1-6-17-19/h1-3,6-7,10,13H,4-5,8-9H2. The van der Waals surface area contributed by atoms with Crippen LogP contribution in [-0.2, 0) is 0 Å². The number of nitro groups is 1. The number of rotatable bonds is 3. The largest absolute Gasteiger partial charge is 0.366 e. The van der Waals surface area contributed by atoms with Gasteiger partial charge < -0.3 is 4.90 Å². The quantitative estimate of drug-likeness (QED) is 0.641. The van der Waals surface area contributed by atoms with Crippen LogP contribution < -0.4 is 4.90 Å². The molecular formula is C15H15N5O2. The van der Waals surface area contributed by atoms with Crippen LogP contribution in [0.15, 0.2) is 36.7 Å². The molecule has 2 aromatic rings. The average Bonchev–Trinajstić information content (AvgIpc) is 3.09. The number of nitrogens with zero attached hydrogens (tertiary/aromatic N) is 5. The Hall–Kier alpha value is -2.88. The van der Waals surface area contributed by atoms with Gasteiger partial charge in [-0.3, -0.25) is 14.8 Å². The maximum atomic E-state index is 11.2. The van der Waals surface area contributed by atoms with Gasteiger partial charge in [-0.2, -0.15) is 10.4 Å². The fourth-order valence-electron chi connectivity index (χ4n) is 2.87. The summed E-state index contributed by atoms with van der Waals surface area (Å²) in [7, 11) is 0. The smallest absolute Gasteiger partial charge is 0.293 e. The van der Waals surface area contributed by atoms with Gasteiger partial charge in [-0.15, -0.1) is 0 Å². The summed E-state index contributed by atoms with van der Waals surface area (Å²) in [5, 5.41) is 24.4. The molecule has 112 valence electrons. The summed E-state index contributed by atoms with van der Waals surface area (Å²) in [6.45, 7) is 1.47. The summed E-state index contributed by atoms with van der Waals surface area (Å²) >= 11 is 0. The third kappa shape index (κ3) is 2.63. The van der Waals surface area contributed by atoms with Crippen molar-refractivity contribution in [2.24, 2.45) is 0 Å². The number of hydrogen-bond acceptors (Lipinski definition) is 5. The lowest BCUT2D eigenvalue weighted by atomic mass is 10.0. The van der Waals surface area contributed by atoms with Gasteiger partial charge in [-0.25, -0.2) is 0 Å². The Morgan fingerprint density at radius 1 is 1.36 bits per heavy atom. The van der Waals surface area contributed by atoms with Crippen LogP contribution in [-0.4, -0.2) is 27.8 Å². The molecule has 0 amide bonds. The van der Waals surface area contributed by atoms with Crippen molar-refractivity contribution in [3.8, 4) is 6.07 Å². The van der Waals surface area contributed by atoms with Crippen molar-refractivity contribution < 1.29 is 4.92 Å². The zero-order valence-corrected chi connectivity index (χ0v) is 11.9. The molecule has 0 aliphatic carbocycles. The van der Waals surface area contributed by atoms with E-state index in [2.05, 4.69) is 5.10 Å². The topological polar surface area (TPSA) is 88.0 Å². The highest BCUT2D eigenvalue weighted by molar-refractivity contribution is 5.65. The molecule has 1 aromatic heterocycles. The maximum absolute atomic E-state index is 11.2. The molecule has 1 fully saturated rings. The predicted octanol–water partition coefficient (Wildman–Crippen LogP) is 2.50. The molecule has 1 aliphatic rings. The zero-order chi connectivity index (χ0) is 15.5. The Balaban J connectivity index is 1.79. The lowest BCUT2D eigenvalue weighted by Gasteiger charge is -2.33. The summed E-state index contributed by atoms with van der Waals surface area (Å²) in [6.07, 6.45) is 5.49. The molecule has 0 radical (unpaired) electrons. The van der Waals surface area contributed by atoms with E-state index in [1.54, 1.807) is 18.3 Å². The number of benzene rings is 1. The zero-order valence-electron chi connectivity index (χ0n) is 11.9. The fourth-order valence-corrected chi connectivity index (χ4v) is 2.87. The molecule has 7 heteroatoms. The third-order valence-electron chi connectivity index (χ3n) is 4.01. The van der Waals surface area contributed by atoms with E-state index >= 15 is 0 Å². The molecule has 1 aromatic carbocycles. The molecule has 1 saturated heterocycles. The lowest BCUT2D eigenvalue weighted by Crippen LogP contribution is -2.35. The molecule has 22 heavy (non-hydrogen) atoms. The average molecular weight is 297 g/mol. The van der Waals surface area contributed by atoms with Crippen molar-refractivity contribution in [2.75, 3.05) is 18.0 Å². The number of hydrogen-bond donors (Lipinski definition) is 0. The Bertz CT molecular complexity index is 712. The van der Waals surface area contributed by atoms with Gasteiger partial charge in [0.1, 0.15) is 5.69 Å². The number of nitro benzene ring substituents is 1. The first kappa shape index (κ1) is 14.1. The minimum atomic E-state index is -0.421. The molecule has 0 unspecified atom stereocenters. The van der Waals surface area contributed by atoms with Crippen LogP contribution in [0.4, 0.5) is 11.4 Å². The normalized spacial score (nSPS) is 15.5. The van der Waals surface area contributed by atoms with Crippen molar-refractivity contribution in [3.05, 3.63) is 52.3 Å². The molecule has 0 saturated carbocycles. The molecule has 2 heterocycles. The second kappa shape index (κ2) is 5.85. The van der Waals surface area contributed by atoms with Gasteiger partial charge in [-0.1, -0.05) is 0 Å². The predicted molar refractivity (Wildman–Crippen MR) is 80.5 cm³/mol. The first-order chi connectivity index (χ1) is 10.7. The molecule has 0 bridgehead atoms. The number of anilines is 1. The SMILES string of the molecule is N#Cc1ccc(N2CCC(n3cccn3)CC2)c([N+](=O)[O-])c1. The van der Waals surface area contributed by atoms with Crippen molar-refractivity contribution in [1.29, 1.82) is 5.26 Å². The number of nitriles is 1. The van der Waals surface area contributed by atoms with E-state index in [4.69, 9.17) is 5.26 Å². The molecule has 3 rings (SSSR count). The van der Waals surface area contributed by atoms with Gasteiger partial charge in [0.25, 0.3) is 5.69 Å². The first-order valence-electron chi connectivity index (χ1n) is 7.11. The summed E-state index contributed by atoms with van der Waals surface area (Å²) in [5.74, 6) is 0. The van der Waals surface area contributed by atoms with Crippen molar-refractivity contribution in [3.63, 3.8) is 0 Å². The third-order valence-corrected chi connectivity index (χ3v) is 4.01. The van der Waals surface area contributed by atoms with Crippen LogP contribution in [0.2, 0.25) is 0 Å². The molecule has 0 N–H and O–H groups in total. The molecule has 1 aliphatic heterocycles. The number of piperidine rings is 1. The van der Waals surface area contributed by atoms with Crippen molar-refractivity contribution in [2.45, 2.75) is 18.9 Å². The summed E-state index contributed by atoms with van der Waals surface area (Å²) in [6, 6.07) is 8.82. The lowest BCUT2D eigenvalue weighted by molar-refractivity contribution is -0.384. The highest BCUT2D eigenvalue weighted by atomic mass is 16.6. The molecule has 7 nitrogen and oxygen atoms in total. The van der Waals surface area contributed by atoms with Gasteiger partial charge in [0, 0.05) is 31.5 Å². The highest BCUT2D eigenvalue weighted by Crippen LogP contribution is 2.33. The van der Waals surface area contributed by atoms with Gasteiger partial charge in [-0.05, 0) is 31.0 Å². The maximum Gasteiger partial charge on any atom is 0.293 e. The first-order valence-corrected chi connectivity index (χ1v) is 7.11. The minimum absolute atomic E-state index is 0.00316. The Morgan fingerprint density at radius 3 is 2.73 bits per heavy atom. The van der Waals surface area contributed by atoms with Crippen LogP contribution in [0.1, 0.15) is 24.4 Å². The Kier molecular flexibility index (Phi) is 3.74. The molecular weight excluding hydrogens is 282 g/mol. The van der Waals surface area contributed by atoms with E-state index in [1.807, 2.05) is 27.9 Å². The van der Waals surface area contributed by atoms with Gasteiger partial charge in [0.15, 0.2) is 0 Å². The molecule has 0 atom stereocenters. The summed E-state index contributed by atoms with van der Waals surface area (Å²) in [5.41, 5.74) is 0.890. The minimum Gasteiger partial charge on any atom is -0.366 e. The van der Waals surface area contributed by atoms with Gasteiger partial charge >= 0.3 is 0 Å². The van der Waals surface area contributed by atoms with Crippen LogP contribution in [0.25, 0.3) is 0 Å². The van der Waals surface area contributed by atoms with Crippen LogP contribution in [0.3, 0.4) is 0 Å². The van der Waals surface area contributed by atoms with Crippen LogP contribution >= 0.6 is 0 Å². The fraction of sp³-hybridized carbons (Fsp3) is 0.333. The van der Waals surface area contributed by atoms with Crippen molar-refractivity contribution in [1.82, 2.24) is 9.78 Å². The molecule has 0 spiro atoms. The Labute approximate surface area is 127 Å². The van der Waals surface area contributed by atoms with Gasteiger partial charge in [0.05, 0.1) is 22.6 Å². The Morgan fingerprint density at radius 2 is 2.14 bits per heavy atom. The summed E-state index contributed by atoms with van der Waals surface area (Å²) in [4.78, 5) is 12.8. The second-order valence-electron chi connectivity index (χ2n) is 5.28. The van der Waals surface area contributed by atoms with Gasteiger partial charge in [0.2, 0.25) is 0 Å². The van der Waals surface area contributed by atoms with E-state index in [9.17, 15) is 10.1 Å². The van der Waals surface area contributed by atoms with Crippen molar-refractivity contribution >= 4 is 11.4 Å². The van der Waals surface area contributed by atoms with Crippen LogP contribution in [0.5, 0.6) is 0 Å². The number of aromatic nitrogens is 2. The van der Waals surface area contributed by atoms with E-state index in [0.29, 0.717) is 17.3 Å². The highest BCUT2D eigenvalue weighted by Gasteiger charge is 2.26. The van der Waals surface area contributed by atoms with E-state index in [-0.39, 0.29) is 5.69 Å². The van der Waals surface area contributed by atoms with E-state index in [0.717, 1.165) is 25.9 Å². The van der Waals surface area contributed by atoms with E-state index in [1.165, 1.54) is 6.07 Å². The van der Waals surface area contributed by atoms with Crippen LogP contribution in [0, 0.1) is 21.4 Å².